The Kier molecular flexibility index (Phi) is 3.36. The van der Waals surface area contributed by atoms with E-state index in [1.54, 1.807) is 0 Å². The summed E-state index contributed by atoms with van der Waals surface area (Å²) in [6, 6.07) is 0. The van der Waals surface area contributed by atoms with Gasteiger partial charge in [-0.25, -0.2) is 0 Å². The summed E-state index contributed by atoms with van der Waals surface area (Å²) >= 11 is -0.201. The van der Waals surface area contributed by atoms with Crippen molar-refractivity contribution in [3.63, 3.8) is 0 Å². The van der Waals surface area contributed by atoms with Gasteiger partial charge in [0, 0.05) is 18.8 Å². The summed E-state index contributed by atoms with van der Waals surface area (Å²) in [6.45, 7) is 4.21. The second-order valence-corrected chi connectivity index (χ2v) is 5.64. The summed E-state index contributed by atoms with van der Waals surface area (Å²) in [5, 5.41) is 0. The monoisotopic (exact) mass is 202 g/mol. The molecular formula is C9H16NO2S+. The van der Waals surface area contributed by atoms with Crippen LogP contribution in [-0.2, 0) is 20.7 Å². The normalized spacial score (nSPS) is 20.2. The number of rotatable bonds is 3. The molecule has 0 spiro atoms. The van der Waals surface area contributed by atoms with Crippen molar-refractivity contribution < 1.29 is 9.59 Å². The minimum atomic E-state index is -0.201. The molecule has 1 saturated heterocycles. The maximum absolute atomic E-state index is 11.3. The van der Waals surface area contributed by atoms with Crippen LogP contribution in [0.4, 0.5) is 0 Å². The van der Waals surface area contributed by atoms with E-state index in [0.29, 0.717) is 18.8 Å². The standard InChI is InChI=1S/C9H16NO2S/c1-7(2)6-13(3)10-8(11)4-5-9(10)12/h7H,4-6H2,1-3H3/q+1. The smallest absolute Gasteiger partial charge is 0.270 e. The van der Waals surface area contributed by atoms with Crippen LogP contribution in [0.3, 0.4) is 0 Å². The van der Waals surface area contributed by atoms with Gasteiger partial charge in [-0.1, -0.05) is 18.2 Å². The molecule has 13 heavy (non-hydrogen) atoms. The summed E-state index contributed by atoms with van der Waals surface area (Å²) in [5.41, 5.74) is 0. The van der Waals surface area contributed by atoms with Crippen molar-refractivity contribution in [2.24, 2.45) is 5.92 Å². The van der Waals surface area contributed by atoms with Crippen LogP contribution in [0, 0.1) is 5.92 Å². The maximum atomic E-state index is 11.3. The Bertz CT molecular complexity index is 212. The predicted octanol–water partition coefficient (Wildman–Crippen LogP) is 0.954. The highest BCUT2D eigenvalue weighted by molar-refractivity contribution is 7.95. The molecule has 0 aromatic carbocycles. The van der Waals surface area contributed by atoms with Gasteiger partial charge in [-0.3, -0.25) is 9.59 Å². The number of amides is 2. The van der Waals surface area contributed by atoms with Gasteiger partial charge in [0.25, 0.3) is 11.8 Å². The van der Waals surface area contributed by atoms with Crippen LogP contribution < -0.4 is 0 Å². The van der Waals surface area contributed by atoms with Gasteiger partial charge in [0.1, 0.15) is 23.1 Å². The van der Waals surface area contributed by atoms with Gasteiger partial charge in [-0.2, -0.15) is 0 Å². The molecule has 1 heterocycles. The first kappa shape index (κ1) is 10.6. The number of carbonyl (C=O) groups excluding carboxylic acids is 2. The van der Waals surface area contributed by atoms with Gasteiger partial charge in [0.15, 0.2) is 0 Å². The molecule has 0 N–H and O–H groups in total. The number of imide groups is 1. The fourth-order valence-electron chi connectivity index (χ4n) is 1.46. The van der Waals surface area contributed by atoms with Crippen molar-refractivity contribution in [1.82, 2.24) is 4.31 Å². The number of nitrogens with zero attached hydrogens (tertiary/aromatic N) is 1. The van der Waals surface area contributed by atoms with Gasteiger partial charge in [-0.15, -0.1) is 0 Å². The third-order valence-electron chi connectivity index (χ3n) is 1.89. The highest BCUT2D eigenvalue weighted by Crippen LogP contribution is 2.18. The molecule has 1 fully saturated rings. The van der Waals surface area contributed by atoms with Crippen LogP contribution in [-0.4, -0.2) is 28.1 Å². The Morgan fingerprint density at radius 3 is 2.15 bits per heavy atom. The maximum Gasteiger partial charge on any atom is 0.273 e. The molecule has 0 radical (unpaired) electrons. The highest BCUT2D eigenvalue weighted by atomic mass is 32.2. The molecular weight excluding hydrogens is 186 g/mol. The Morgan fingerprint density at radius 1 is 1.31 bits per heavy atom. The van der Waals surface area contributed by atoms with Crippen LogP contribution in [0.2, 0.25) is 0 Å². The molecule has 1 unspecified atom stereocenters. The van der Waals surface area contributed by atoms with Crippen molar-refractivity contribution in [1.29, 1.82) is 0 Å². The van der Waals surface area contributed by atoms with E-state index in [0.717, 1.165) is 5.75 Å². The lowest BCUT2D eigenvalue weighted by Crippen LogP contribution is -2.37. The van der Waals surface area contributed by atoms with Crippen molar-refractivity contribution in [3.8, 4) is 0 Å². The summed E-state index contributed by atoms with van der Waals surface area (Å²) in [5.74, 6) is 1.49. The second-order valence-electron chi connectivity index (χ2n) is 3.74. The van der Waals surface area contributed by atoms with Crippen molar-refractivity contribution in [2.75, 3.05) is 12.0 Å². The largest absolute Gasteiger partial charge is 0.273 e. The molecule has 0 aromatic rings. The van der Waals surface area contributed by atoms with Crippen molar-refractivity contribution in [2.45, 2.75) is 26.7 Å². The Hall–Kier alpha value is -0.510. The van der Waals surface area contributed by atoms with Gasteiger partial charge in [0.05, 0.1) is 0 Å². The third kappa shape index (κ3) is 2.46. The topological polar surface area (TPSA) is 37.4 Å². The van der Waals surface area contributed by atoms with E-state index in [1.807, 2.05) is 6.26 Å². The molecule has 0 aromatic heterocycles. The quantitative estimate of drug-likeness (QED) is 0.505. The summed E-state index contributed by atoms with van der Waals surface area (Å²) in [4.78, 5) is 22.6. The van der Waals surface area contributed by atoms with Crippen LogP contribution in [0.15, 0.2) is 0 Å². The molecule has 1 aliphatic heterocycles. The first-order valence-electron chi connectivity index (χ1n) is 4.51. The van der Waals surface area contributed by atoms with Crippen LogP contribution in [0.1, 0.15) is 26.7 Å². The van der Waals surface area contributed by atoms with E-state index in [4.69, 9.17) is 0 Å². The zero-order valence-electron chi connectivity index (χ0n) is 8.37. The summed E-state index contributed by atoms with van der Waals surface area (Å²) < 4.78 is 1.46. The number of carbonyl (C=O) groups is 2. The van der Waals surface area contributed by atoms with Crippen molar-refractivity contribution in [3.05, 3.63) is 0 Å². The highest BCUT2D eigenvalue weighted by Gasteiger charge is 2.40. The SMILES string of the molecule is CC(C)C[S+](C)N1C(=O)CCC1=O. The Balaban J connectivity index is 2.59. The second kappa shape index (κ2) is 4.13. The van der Waals surface area contributed by atoms with Gasteiger partial charge in [0.2, 0.25) is 0 Å². The molecule has 2 amide bonds. The first-order chi connectivity index (χ1) is 6.02. The molecule has 4 heteroatoms. The van der Waals surface area contributed by atoms with Gasteiger partial charge < -0.3 is 0 Å². The Morgan fingerprint density at radius 2 is 1.77 bits per heavy atom. The lowest BCUT2D eigenvalue weighted by molar-refractivity contribution is -0.132. The van der Waals surface area contributed by atoms with E-state index >= 15 is 0 Å². The van der Waals surface area contributed by atoms with Gasteiger partial charge in [-0.05, 0) is 0 Å². The minimum absolute atomic E-state index is 0.0106. The van der Waals surface area contributed by atoms with Crippen LogP contribution in [0.25, 0.3) is 0 Å². The third-order valence-corrected chi connectivity index (χ3v) is 4.07. The van der Waals surface area contributed by atoms with E-state index in [-0.39, 0.29) is 22.9 Å². The first-order valence-corrected chi connectivity index (χ1v) is 6.26. The van der Waals surface area contributed by atoms with E-state index in [9.17, 15) is 9.59 Å². The molecule has 3 nitrogen and oxygen atoms in total. The fourth-order valence-corrected chi connectivity index (χ4v) is 3.45. The molecule has 1 rings (SSSR count). The van der Waals surface area contributed by atoms with E-state index < -0.39 is 0 Å². The zero-order valence-corrected chi connectivity index (χ0v) is 9.19. The lowest BCUT2D eigenvalue weighted by atomic mass is 10.3. The summed E-state index contributed by atoms with van der Waals surface area (Å²) in [7, 11) is 0. The average molecular weight is 202 g/mol. The predicted molar refractivity (Wildman–Crippen MR) is 54.1 cm³/mol. The summed E-state index contributed by atoms with van der Waals surface area (Å²) in [6.07, 6.45) is 2.80. The molecule has 1 atom stereocenters. The van der Waals surface area contributed by atoms with Crippen LogP contribution in [0.5, 0.6) is 0 Å². The molecule has 0 bridgehead atoms. The number of hydrogen-bond acceptors (Lipinski definition) is 2. The molecule has 74 valence electrons. The zero-order chi connectivity index (χ0) is 10.0. The van der Waals surface area contributed by atoms with Gasteiger partial charge >= 0.3 is 0 Å². The van der Waals surface area contributed by atoms with Crippen LogP contribution >= 0.6 is 0 Å². The molecule has 0 aliphatic carbocycles. The average Bonchev–Trinajstić information content (AvgIpc) is 2.29. The fraction of sp³-hybridized carbons (Fsp3) is 0.778. The van der Waals surface area contributed by atoms with Crippen molar-refractivity contribution >= 4 is 22.9 Å². The van der Waals surface area contributed by atoms with E-state index in [2.05, 4.69) is 13.8 Å². The number of hydrogen-bond donors (Lipinski definition) is 0. The Labute approximate surface area is 82.0 Å². The lowest BCUT2D eigenvalue weighted by Gasteiger charge is -2.12. The van der Waals surface area contributed by atoms with E-state index in [1.165, 1.54) is 4.31 Å². The minimum Gasteiger partial charge on any atom is -0.270 e. The molecule has 1 aliphatic rings. The molecule has 0 saturated carbocycles.